The van der Waals surface area contributed by atoms with Crippen LogP contribution in [-0.2, 0) is 9.53 Å². The molecule has 0 aliphatic carbocycles. The van der Waals surface area contributed by atoms with Gasteiger partial charge in [-0.25, -0.2) is 0 Å². The molecule has 1 amide bonds. The van der Waals surface area contributed by atoms with Crippen LogP contribution < -0.4 is 10.2 Å². The van der Waals surface area contributed by atoms with Gasteiger partial charge < -0.3 is 15.3 Å². The maximum Gasteiger partial charge on any atom is 0.325 e. The lowest BCUT2D eigenvalue weighted by Gasteiger charge is -2.02. The van der Waals surface area contributed by atoms with Gasteiger partial charge in [0.25, 0.3) is 5.91 Å². The van der Waals surface area contributed by atoms with Crippen molar-refractivity contribution >= 4 is 22.9 Å². The molecule has 2 aromatic rings. The highest BCUT2D eigenvalue weighted by atomic mass is 16.8. The first-order valence-corrected chi connectivity index (χ1v) is 4.96. The van der Waals surface area contributed by atoms with Crippen molar-refractivity contribution in [1.29, 1.82) is 0 Å². The summed E-state index contributed by atoms with van der Waals surface area (Å²) < 4.78 is 8.75. The number of aromatic nitrogens is 2. The predicted octanol–water partition coefficient (Wildman–Crippen LogP) is -0.636. The minimum atomic E-state index is -0.553. The van der Waals surface area contributed by atoms with Crippen molar-refractivity contribution in [2.24, 2.45) is 0 Å². The monoisotopic (exact) mass is 251 g/mol. The summed E-state index contributed by atoms with van der Waals surface area (Å²) in [6.45, 7) is -0.228. The van der Waals surface area contributed by atoms with Crippen molar-refractivity contribution in [3.8, 4) is 0 Å². The lowest BCUT2D eigenvalue weighted by molar-refractivity contribution is -0.782. The Balaban J connectivity index is 2.15. The largest absolute Gasteiger partial charge is 0.468 e. The van der Waals surface area contributed by atoms with Crippen molar-refractivity contribution in [2.45, 2.75) is 0 Å². The van der Waals surface area contributed by atoms with Gasteiger partial charge in [-0.05, 0) is 17.0 Å². The minimum absolute atomic E-state index is 0.222. The number of fused-ring (bicyclic) bond motifs is 1. The quantitative estimate of drug-likeness (QED) is 0.574. The van der Waals surface area contributed by atoms with Gasteiger partial charge in [-0.1, -0.05) is 0 Å². The second-order valence-corrected chi connectivity index (χ2v) is 3.39. The van der Waals surface area contributed by atoms with Gasteiger partial charge in [0.15, 0.2) is 0 Å². The van der Waals surface area contributed by atoms with Crippen molar-refractivity contribution in [3.63, 3.8) is 0 Å². The van der Waals surface area contributed by atoms with E-state index in [0.29, 0.717) is 0 Å². The standard InChI is InChI=1S/C10H9N3O5/c1-17-9(14)5-11-10(15)6-2-3-8-7(4-6)12-18-13(8)16/h2-4H,5H2,1H3,(H,11,15). The van der Waals surface area contributed by atoms with E-state index in [-0.39, 0.29) is 28.0 Å². The third-order valence-electron chi connectivity index (χ3n) is 2.27. The van der Waals surface area contributed by atoms with E-state index in [9.17, 15) is 14.8 Å². The lowest BCUT2D eigenvalue weighted by Crippen LogP contribution is -2.30. The van der Waals surface area contributed by atoms with Crippen molar-refractivity contribution < 1.29 is 23.9 Å². The average Bonchev–Trinajstić information content (AvgIpc) is 2.76. The van der Waals surface area contributed by atoms with Crippen LogP contribution >= 0.6 is 0 Å². The first-order chi connectivity index (χ1) is 8.61. The molecule has 0 saturated heterocycles. The van der Waals surface area contributed by atoms with E-state index >= 15 is 0 Å². The van der Waals surface area contributed by atoms with E-state index in [2.05, 4.69) is 19.8 Å². The first-order valence-electron chi connectivity index (χ1n) is 4.96. The zero-order valence-electron chi connectivity index (χ0n) is 9.37. The second-order valence-electron chi connectivity index (χ2n) is 3.39. The molecular formula is C10H9N3O5. The Morgan fingerprint density at radius 3 is 3.06 bits per heavy atom. The fourth-order valence-corrected chi connectivity index (χ4v) is 1.34. The molecule has 1 heterocycles. The highest BCUT2D eigenvalue weighted by Gasteiger charge is 2.14. The van der Waals surface area contributed by atoms with E-state index in [1.54, 1.807) is 0 Å². The zero-order chi connectivity index (χ0) is 13.1. The fraction of sp³-hybridized carbons (Fsp3) is 0.200. The smallest absolute Gasteiger partial charge is 0.325 e. The topological polar surface area (TPSA) is 108 Å². The summed E-state index contributed by atoms with van der Waals surface area (Å²) in [6, 6.07) is 4.23. The highest BCUT2D eigenvalue weighted by Crippen LogP contribution is 2.10. The van der Waals surface area contributed by atoms with Crippen LogP contribution in [0.5, 0.6) is 0 Å². The number of esters is 1. The zero-order valence-corrected chi connectivity index (χ0v) is 9.37. The minimum Gasteiger partial charge on any atom is -0.468 e. The van der Waals surface area contributed by atoms with Crippen LogP contribution in [0.4, 0.5) is 0 Å². The van der Waals surface area contributed by atoms with Crippen molar-refractivity contribution in [1.82, 2.24) is 10.5 Å². The highest BCUT2D eigenvalue weighted by molar-refractivity contribution is 5.98. The van der Waals surface area contributed by atoms with E-state index in [1.807, 2.05) is 0 Å². The van der Waals surface area contributed by atoms with E-state index < -0.39 is 11.9 Å². The number of carbonyl (C=O) groups is 2. The molecule has 0 fully saturated rings. The molecule has 1 aromatic carbocycles. The second kappa shape index (κ2) is 4.70. The number of benzene rings is 1. The summed E-state index contributed by atoms with van der Waals surface area (Å²) in [6.07, 6.45) is 0. The molecule has 1 N–H and O–H groups in total. The van der Waals surface area contributed by atoms with Gasteiger partial charge in [0.1, 0.15) is 6.54 Å². The van der Waals surface area contributed by atoms with Gasteiger partial charge in [0.2, 0.25) is 11.0 Å². The molecule has 8 nitrogen and oxygen atoms in total. The Morgan fingerprint density at radius 2 is 2.33 bits per heavy atom. The van der Waals surface area contributed by atoms with Gasteiger partial charge in [0.05, 0.1) is 7.11 Å². The molecule has 0 spiro atoms. The van der Waals surface area contributed by atoms with Gasteiger partial charge in [-0.3, -0.25) is 14.2 Å². The van der Waals surface area contributed by atoms with Crippen LogP contribution in [-0.4, -0.2) is 30.7 Å². The van der Waals surface area contributed by atoms with Crippen molar-refractivity contribution in [2.75, 3.05) is 13.7 Å². The summed E-state index contributed by atoms with van der Waals surface area (Å²) in [5, 5.41) is 16.9. The SMILES string of the molecule is COC(=O)CNC(=O)c1ccc2c(c1)no[n+]2[O-]. The molecule has 0 unspecified atom stereocenters. The van der Waals surface area contributed by atoms with Gasteiger partial charge >= 0.3 is 5.97 Å². The average molecular weight is 251 g/mol. The molecule has 0 aliphatic rings. The molecule has 0 aliphatic heterocycles. The van der Waals surface area contributed by atoms with Gasteiger partial charge in [0, 0.05) is 16.8 Å². The molecule has 0 saturated carbocycles. The summed E-state index contributed by atoms with van der Waals surface area (Å²) >= 11 is 0. The lowest BCUT2D eigenvalue weighted by atomic mass is 10.2. The van der Waals surface area contributed by atoms with E-state index in [4.69, 9.17) is 0 Å². The molecule has 18 heavy (non-hydrogen) atoms. The maximum atomic E-state index is 11.7. The molecule has 0 atom stereocenters. The molecule has 94 valence electrons. The molecular weight excluding hydrogens is 242 g/mol. The molecule has 2 rings (SSSR count). The fourth-order valence-electron chi connectivity index (χ4n) is 1.34. The number of hydrogen-bond donors (Lipinski definition) is 1. The molecule has 0 radical (unpaired) electrons. The van der Waals surface area contributed by atoms with Crippen LogP contribution in [0.1, 0.15) is 10.4 Å². The Hall–Kier alpha value is -2.64. The molecule has 0 bridgehead atoms. The third kappa shape index (κ3) is 2.21. The van der Waals surface area contributed by atoms with Gasteiger partial charge in [-0.2, -0.15) is 0 Å². The van der Waals surface area contributed by atoms with E-state index in [1.165, 1.54) is 25.3 Å². The number of rotatable bonds is 3. The first kappa shape index (κ1) is 11.8. The Morgan fingerprint density at radius 1 is 1.56 bits per heavy atom. The Kier molecular flexibility index (Phi) is 3.09. The summed E-state index contributed by atoms with van der Waals surface area (Å²) in [5.41, 5.74) is 0.746. The summed E-state index contributed by atoms with van der Waals surface area (Å²) in [7, 11) is 1.23. The summed E-state index contributed by atoms with van der Waals surface area (Å²) in [5.74, 6) is -1.02. The number of carbonyl (C=O) groups excluding carboxylic acids is 2. The maximum absolute atomic E-state index is 11.7. The summed E-state index contributed by atoms with van der Waals surface area (Å²) in [4.78, 5) is 22.7. The number of hydrogen-bond acceptors (Lipinski definition) is 6. The molecule has 1 aromatic heterocycles. The number of ether oxygens (including phenoxy) is 1. The number of nitrogens with zero attached hydrogens (tertiary/aromatic N) is 2. The number of methoxy groups -OCH3 is 1. The number of nitrogens with one attached hydrogen (secondary N) is 1. The van der Waals surface area contributed by atoms with Crippen LogP contribution in [0.15, 0.2) is 22.8 Å². The molecule has 8 heteroatoms. The van der Waals surface area contributed by atoms with E-state index in [0.717, 1.165) is 0 Å². The Labute approximate surface area is 101 Å². The predicted molar refractivity (Wildman–Crippen MR) is 57.3 cm³/mol. The van der Waals surface area contributed by atoms with Gasteiger partial charge in [-0.15, -0.1) is 0 Å². The van der Waals surface area contributed by atoms with Crippen LogP contribution in [0.3, 0.4) is 0 Å². The van der Waals surface area contributed by atoms with Crippen LogP contribution in [0, 0.1) is 5.21 Å². The van der Waals surface area contributed by atoms with Crippen LogP contribution in [0.2, 0.25) is 0 Å². The van der Waals surface area contributed by atoms with Crippen LogP contribution in [0.25, 0.3) is 11.0 Å². The van der Waals surface area contributed by atoms with Crippen molar-refractivity contribution in [3.05, 3.63) is 29.0 Å². The number of amides is 1. The Bertz CT molecular complexity index is 607. The normalized spacial score (nSPS) is 10.3. The third-order valence-corrected chi connectivity index (χ3v) is 2.27.